The summed E-state index contributed by atoms with van der Waals surface area (Å²) in [5.74, 6) is -0.251. The standard InChI is InChI=1S/C12H16FNS/c13-11-8-10(6-7-12(11)15)14-9-4-2-1-3-5-9/h6-9,14-15H,1-5H2. The molecular weight excluding hydrogens is 209 g/mol. The van der Waals surface area contributed by atoms with Gasteiger partial charge in [0.25, 0.3) is 0 Å². The first-order valence-corrected chi connectivity index (χ1v) is 5.95. The Morgan fingerprint density at radius 3 is 2.60 bits per heavy atom. The first kappa shape index (κ1) is 10.8. The summed E-state index contributed by atoms with van der Waals surface area (Å²) in [4.78, 5) is 0.407. The highest BCUT2D eigenvalue weighted by atomic mass is 32.1. The van der Waals surface area contributed by atoms with Gasteiger partial charge in [-0.05, 0) is 31.0 Å². The van der Waals surface area contributed by atoms with Crippen LogP contribution in [0.3, 0.4) is 0 Å². The molecule has 1 N–H and O–H groups in total. The molecule has 0 aliphatic heterocycles. The third kappa shape index (κ3) is 2.88. The maximum Gasteiger partial charge on any atom is 0.138 e. The number of anilines is 1. The van der Waals surface area contributed by atoms with Crippen molar-refractivity contribution >= 4 is 18.3 Å². The molecule has 0 radical (unpaired) electrons. The highest BCUT2D eigenvalue weighted by Gasteiger charge is 2.13. The van der Waals surface area contributed by atoms with E-state index in [2.05, 4.69) is 17.9 Å². The number of rotatable bonds is 2. The summed E-state index contributed by atoms with van der Waals surface area (Å²) in [6.07, 6.45) is 6.30. The third-order valence-corrected chi connectivity index (χ3v) is 3.29. The monoisotopic (exact) mass is 225 g/mol. The Hall–Kier alpha value is -0.700. The van der Waals surface area contributed by atoms with E-state index in [-0.39, 0.29) is 5.82 Å². The zero-order valence-electron chi connectivity index (χ0n) is 8.67. The number of hydrogen-bond acceptors (Lipinski definition) is 2. The van der Waals surface area contributed by atoms with E-state index < -0.39 is 0 Å². The van der Waals surface area contributed by atoms with Crippen molar-refractivity contribution in [3.63, 3.8) is 0 Å². The van der Waals surface area contributed by atoms with Crippen molar-refractivity contribution in [3.05, 3.63) is 24.0 Å². The molecule has 0 heterocycles. The molecule has 1 saturated carbocycles. The van der Waals surface area contributed by atoms with Crippen LogP contribution in [0.5, 0.6) is 0 Å². The first-order valence-electron chi connectivity index (χ1n) is 5.51. The lowest BCUT2D eigenvalue weighted by Gasteiger charge is -2.23. The lowest BCUT2D eigenvalue weighted by atomic mass is 9.95. The third-order valence-electron chi connectivity index (χ3n) is 2.92. The van der Waals surface area contributed by atoms with Gasteiger partial charge in [-0.15, -0.1) is 12.6 Å². The highest BCUT2D eigenvalue weighted by molar-refractivity contribution is 7.80. The Bertz CT molecular complexity index is 334. The van der Waals surface area contributed by atoms with E-state index in [0.717, 1.165) is 5.69 Å². The van der Waals surface area contributed by atoms with Crippen molar-refractivity contribution in [1.82, 2.24) is 0 Å². The fraction of sp³-hybridized carbons (Fsp3) is 0.500. The molecule has 1 aliphatic rings. The number of benzene rings is 1. The molecule has 3 heteroatoms. The normalized spacial score (nSPS) is 17.7. The molecule has 0 bridgehead atoms. The molecule has 0 aromatic heterocycles. The van der Waals surface area contributed by atoms with Gasteiger partial charge < -0.3 is 5.32 Å². The molecule has 0 unspecified atom stereocenters. The Balaban J connectivity index is 2.00. The molecule has 1 aliphatic carbocycles. The highest BCUT2D eigenvalue weighted by Crippen LogP contribution is 2.23. The van der Waals surface area contributed by atoms with Crippen molar-refractivity contribution in [2.24, 2.45) is 0 Å². The van der Waals surface area contributed by atoms with Crippen LogP contribution in [0, 0.1) is 5.82 Å². The summed E-state index contributed by atoms with van der Waals surface area (Å²) < 4.78 is 13.2. The van der Waals surface area contributed by atoms with Crippen LogP contribution < -0.4 is 5.32 Å². The second-order valence-corrected chi connectivity index (χ2v) is 4.63. The molecule has 0 spiro atoms. The topological polar surface area (TPSA) is 12.0 Å². The van der Waals surface area contributed by atoms with Gasteiger partial charge >= 0.3 is 0 Å². The second-order valence-electron chi connectivity index (χ2n) is 4.15. The quantitative estimate of drug-likeness (QED) is 0.728. The largest absolute Gasteiger partial charge is 0.382 e. The van der Waals surface area contributed by atoms with E-state index >= 15 is 0 Å². The van der Waals surface area contributed by atoms with Gasteiger partial charge in [-0.25, -0.2) is 4.39 Å². The van der Waals surface area contributed by atoms with Crippen molar-refractivity contribution in [1.29, 1.82) is 0 Å². The molecule has 1 aromatic rings. The molecule has 15 heavy (non-hydrogen) atoms. The van der Waals surface area contributed by atoms with Gasteiger partial charge in [0.05, 0.1) is 0 Å². The van der Waals surface area contributed by atoms with Gasteiger partial charge in [-0.1, -0.05) is 19.3 Å². The minimum absolute atomic E-state index is 0.251. The van der Waals surface area contributed by atoms with Crippen LogP contribution in [0.25, 0.3) is 0 Å². The van der Waals surface area contributed by atoms with Crippen LogP contribution >= 0.6 is 12.6 Å². The first-order chi connectivity index (χ1) is 7.25. The van der Waals surface area contributed by atoms with Gasteiger partial charge in [-0.2, -0.15) is 0 Å². The van der Waals surface area contributed by atoms with E-state index in [0.29, 0.717) is 10.9 Å². The van der Waals surface area contributed by atoms with Gasteiger partial charge in [0.1, 0.15) is 5.82 Å². The SMILES string of the molecule is Fc1cc(NC2CCCCC2)ccc1S. The minimum Gasteiger partial charge on any atom is -0.382 e. The molecule has 0 atom stereocenters. The van der Waals surface area contributed by atoms with Crippen LogP contribution in [0.2, 0.25) is 0 Å². The Morgan fingerprint density at radius 1 is 1.20 bits per heavy atom. The van der Waals surface area contributed by atoms with Crippen molar-refractivity contribution in [3.8, 4) is 0 Å². The van der Waals surface area contributed by atoms with E-state index in [1.54, 1.807) is 6.07 Å². The van der Waals surface area contributed by atoms with E-state index in [4.69, 9.17) is 0 Å². The number of thiol groups is 1. The molecule has 0 amide bonds. The summed E-state index contributed by atoms with van der Waals surface area (Å²) >= 11 is 4.01. The number of nitrogens with one attached hydrogen (secondary N) is 1. The summed E-state index contributed by atoms with van der Waals surface area (Å²) in [6.45, 7) is 0. The average molecular weight is 225 g/mol. The predicted octanol–water partition coefficient (Wildman–Crippen LogP) is 3.86. The lowest BCUT2D eigenvalue weighted by molar-refractivity contribution is 0.462. The van der Waals surface area contributed by atoms with E-state index in [1.165, 1.54) is 38.2 Å². The maximum absolute atomic E-state index is 13.2. The summed E-state index contributed by atoms with van der Waals surface area (Å²) in [5.41, 5.74) is 0.872. The Morgan fingerprint density at radius 2 is 1.93 bits per heavy atom. The van der Waals surface area contributed by atoms with Crippen LogP contribution in [0.1, 0.15) is 32.1 Å². The Labute approximate surface area is 95.5 Å². The number of halogens is 1. The van der Waals surface area contributed by atoms with E-state index in [9.17, 15) is 4.39 Å². The molecule has 1 aromatic carbocycles. The summed E-state index contributed by atoms with van der Waals surface area (Å²) in [5, 5.41) is 3.37. The minimum atomic E-state index is -0.251. The lowest BCUT2D eigenvalue weighted by Crippen LogP contribution is -2.22. The van der Waals surface area contributed by atoms with Crippen LogP contribution in [0.4, 0.5) is 10.1 Å². The summed E-state index contributed by atoms with van der Waals surface area (Å²) in [6, 6.07) is 5.63. The maximum atomic E-state index is 13.2. The summed E-state index contributed by atoms with van der Waals surface area (Å²) in [7, 11) is 0. The van der Waals surface area contributed by atoms with Crippen molar-refractivity contribution < 1.29 is 4.39 Å². The fourth-order valence-corrected chi connectivity index (χ4v) is 2.22. The number of hydrogen-bond donors (Lipinski definition) is 2. The molecule has 1 fully saturated rings. The van der Waals surface area contributed by atoms with Gasteiger partial charge in [0.2, 0.25) is 0 Å². The van der Waals surface area contributed by atoms with Gasteiger partial charge in [-0.3, -0.25) is 0 Å². The molecule has 1 nitrogen and oxygen atoms in total. The molecular formula is C12H16FNS. The van der Waals surface area contributed by atoms with Crippen molar-refractivity contribution in [2.75, 3.05) is 5.32 Å². The molecule has 2 rings (SSSR count). The van der Waals surface area contributed by atoms with Gasteiger partial charge in [0, 0.05) is 16.6 Å². The zero-order valence-corrected chi connectivity index (χ0v) is 9.56. The second kappa shape index (κ2) is 4.88. The smallest absolute Gasteiger partial charge is 0.138 e. The zero-order chi connectivity index (χ0) is 10.7. The molecule has 0 saturated heterocycles. The fourth-order valence-electron chi connectivity index (χ4n) is 2.08. The Kier molecular flexibility index (Phi) is 3.52. The predicted molar refractivity (Wildman–Crippen MR) is 64.1 cm³/mol. The van der Waals surface area contributed by atoms with Gasteiger partial charge in [0.15, 0.2) is 0 Å². The van der Waals surface area contributed by atoms with Crippen LogP contribution in [-0.4, -0.2) is 6.04 Å². The molecule has 82 valence electrons. The van der Waals surface area contributed by atoms with Crippen LogP contribution in [-0.2, 0) is 0 Å². The van der Waals surface area contributed by atoms with Crippen molar-refractivity contribution in [2.45, 2.75) is 43.0 Å². The average Bonchev–Trinajstić information content (AvgIpc) is 2.25. The van der Waals surface area contributed by atoms with Crippen LogP contribution in [0.15, 0.2) is 23.1 Å². The van der Waals surface area contributed by atoms with E-state index in [1.807, 2.05) is 6.07 Å².